The number of nitrogens with zero attached hydrogens (tertiary/aromatic N) is 1. The Morgan fingerprint density at radius 1 is 1.42 bits per heavy atom. The number of hydrogen-bond donors (Lipinski definition) is 1. The summed E-state index contributed by atoms with van der Waals surface area (Å²) in [7, 11) is 1.38. The zero-order chi connectivity index (χ0) is 13.7. The van der Waals surface area contributed by atoms with Crippen molar-refractivity contribution >= 4 is 11.9 Å². The third-order valence-electron chi connectivity index (χ3n) is 3.28. The number of nitrogens with one attached hydrogen (secondary N) is 1. The van der Waals surface area contributed by atoms with E-state index >= 15 is 0 Å². The highest BCUT2D eigenvalue weighted by atomic mass is 16.5. The van der Waals surface area contributed by atoms with Gasteiger partial charge in [-0.1, -0.05) is 30.3 Å². The summed E-state index contributed by atoms with van der Waals surface area (Å²) in [5.74, 6) is -0.267. The number of hydrogen-bond acceptors (Lipinski definition) is 4. The second kappa shape index (κ2) is 6.33. The van der Waals surface area contributed by atoms with Crippen LogP contribution in [0.2, 0.25) is 0 Å². The maximum atomic E-state index is 11.7. The monoisotopic (exact) mass is 262 g/mol. The van der Waals surface area contributed by atoms with Gasteiger partial charge in [0.1, 0.15) is 0 Å². The second-order valence-corrected chi connectivity index (χ2v) is 4.53. The summed E-state index contributed by atoms with van der Waals surface area (Å²) in [6.45, 7) is 1.39. The summed E-state index contributed by atoms with van der Waals surface area (Å²) in [6.07, 6.45) is 0.362. The zero-order valence-corrected chi connectivity index (χ0v) is 11.0. The van der Waals surface area contributed by atoms with Crippen LogP contribution in [0.25, 0.3) is 0 Å². The van der Waals surface area contributed by atoms with E-state index in [0.717, 1.165) is 5.56 Å². The van der Waals surface area contributed by atoms with Crippen molar-refractivity contribution in [2.45, 2.75) is 12.5 Å². The Hall–Kier alpha value is -1.88. The third-order valence-corrected chi connectivity index (χ3v) is 3.28. The lowest BCUT2D eigenvalue weighted by atomic mass is 10.0. The summed E-state index contributed by atoms with van der Waals surface area (Å²) in [4.78, 5) is 25.2. The molecule has 1 heterocycles. The minimum atomic E-state index is -0.282. The molecular weight excluding hydrogens is 244 g/mol. The lowest BCUT2D eigenvalue weighted by Gasteiger charge is -2.28. The van der Waals surface area contributed by atoms with Crippen LogP contribution in [0, 0.1) is 0 Å². The van der Waals surface area contributed by atoms with Gasteiger partial charge in [-0.2, -0.15) is 0 Å². The van der Waals surface area contributed by atoms with Crippen LogP contribution >= 0.6 is 0 Å². The van der Waals surface area contributed by atoms with Gasteiger partial charge in [-0.25, -0.2) is 0 Å². The molecule has 0 bridgehead atoms. The van der Waals surface area contributed by atoms with Crippen LogP contribution < -0.4 is 5.32 Å². The smallest absolute Gasteiger partial charge is 0.319 e. The summed E-state index contributed by atoms with van der Waals surface area (Å²) < 4.78 is 4.72. The fourth-order valence-electron chi connectivity index (χ4n) is 2.30. The molecule has 1 N–H and O–H groups in total. The number of benzene rings is 1. The first-order chi connectivity index (χ1) is 9.20. The molecule has 1 aliphatic heterocycles. The predicted octanol–water partition coefficient (Wildman–Crippen LogP) is 0.723. The molecule has 1 aliphatic rings. The van der Waals surface area contributed by atoms with E-state index in [4.69, 9.17) is 4.74 Å². The van der Waals surface area contributed by atoms with Crippen LogP contribution in [0.4, 0.5) is 0 Å². The van der Waals surface area contributed by atoms with E-state index < -0.39 is 0 Å². The SMILES string of the molecule is COC(=O)CN1CCNC(=O)C[C@H]1c1ccccc1. The molecule has 1 saturated heterocycles. The van der Waals surface area contributed by atoms with Gasteiger partial charge in [0.15, 0.2) is 0 Å². The predicted molar refractivity (Wildman–Crippen MR) is 70.4 cm³/mol. The van der Waals surface area contributed by atoms with Crippen LogP contribution in [0.15, 0.2) is 30.3 Å². The van der Waals surface area contributed by atoms with Crippen LogP contribution in [0.5, 0.6) is 0 Å². The minimum Gasteiger partial charge on any atom is -0.468 e. The molecule has 0 saturated carbocycles. The van der Waals surface area contributed by atoms with Gasteiger partial charge in [0.05, 0.1) is 13.7 Å². The molecule has 1 atom stereocenters. The van der Waals surface area contributed by atoms with Gasteiger partial charge < -0.3 is 10.1 Å². The Morgan fingerprint density at radius 3 is 2.84 bits per heavy atom. The van der Waals surface area contributed by atoms with Gasteiger partial charge in [0.25, 0.3) is 0 Å². The first-order valence-corrected chi connectivity index (χ1v) is 6.33. The number of ether oxygens (including phenoxy) is 1. The van der Waals surface area contributed by atoms with Crippen molar-refractivity contribution < 1.29 is 14.3 Å². The standard InChI is InChI=1S/C14H18N2O3/c1-19-14(18)10-16-8-7-15-13(17)9-12(16)11-5-3-2-4-6-11/h2-6,12H,7-10H2,1H3,(H,15,17)/t12-/m0/s1. The quantitative estimate of drug-likeness (QED) is 0.816. The molecule has 0 spiro atoms. The van der Waals surface area contributed by atoms with E-state index in [1.165, 1.54) is 7.11 Å². The number of carbonyl (C=O) groups excluding carboxylic acids is 2. The molecule has 0 aromatic heterocycles. The highest BCUT2D eigenvalue weighted by Gasteiger charge is 2.27. The second-order valence-electron chi connectivity index (χ2n) is 4.53. The van der Waals surface area contributed by atoms with E-state index in [0.29, 0.717) is 19.5 Å². The molecule has 2 rings (SSSR count). The Kier molecular flexibility index (Phi) is 4.52. The molecule has 102 valence electrons. The van der Waals surface area contributed by atoms with E-state index in [1.54, 1.807) is 0 Å². The zero-order valence-electron chi connectivity index (χ0n) is 11.0. The van der Waals surface area contributed by atoms with Crippen molar-refractivity contribution in [3.63, 3.8) is 0 Å². The molecule has 5 heteroatoms. The first-order valence-electron chi connectivity index (χ1n) is 6.33. The molecule has 0 aliphatic carbocycles. The summed E-state index contributed by atoms with van der Waals surface area (Å²) >= 11 is 0. The van der Waals surface area contributed by atoms with Gasteiger partial charge in [-0.15, -0.1) is 0 Å². The summed E-state index contributed by atoms with van der Waals surface area (Å²) in [5.41, 5.74) is 1.04. The lowest BCUT2D eigenvalue weighted by Crippen LogP contribution is -2.35. The van der Waals surface area contributed by atoms with E-state index in [9.17, 15) is 9.59 Å². The highest BCUT2D eigenvalue weighted by molar-refractivity contribution is 5.77. The molecule has 1 amide bonds. The van der Waals surface area contributed by atoms with Crippen LogP contribution in [-0.4, -0.2) is 43.5 Å². The van der Waals surface area contributed by atoms with Crippen LogP contribution in [0.1, 0.15) is 18.0 Å². The topological polar surface area (TPSA) is 58.6 Å². The largest absolute Gasteiger partial charge is 0.468 e. The van der Waals surface area contributed by atoms with Gasteiger partial charge >= 0.3 is 5.97 Å². The fraction of sp³-hybridized carbons (Fsp3) is 0.429. The highest BCUT2D eigenvalue weighted by Crippen LogP contribution is 2.25. The van der Waals surface area contributed by atoms with Crippen molar-refractivity contribution in [3.05, 3.63) is 35.9 Å². The maximum Gasteiger partial charge on any atom is 0.319 e. The molecule has 0 unspecified atom stereocenters. The van der Waals surface area contributed by atoms with Crippen molar-refractivity contribution in [2.24, 2.45) is 0 Å². The molecule has 19 heavy (non-hydrogen) atoms. The Bertz CT molecular complexity index is 447. The van der Waals surface area contributed by atoms with Crippen molar-refractivity contribution in [2.75, 3.05) is 26.7 Å². The maximum absolute atomic E-state index is 11.7. The van der Waals surface area contributed by atoms with Crippen LogP contribution in [0.3, 0.4) is 0 Å². The average molecular weight is 262 g/mol. The molecular formula is C14H18N2O3. The van der Waals surface area contributed by atoms with E-state index in [1.807, 2.05) is 35.2 Å². The number of rotatable bonds is 3. The molecule has 5 nitrogen and oxygen atoms in total. The fourth-order valence-corrected chi connectivity index (χ4v) is 2.30. The number of amides is 1. The van der Waals surface area contributed by atoms with E-state index in [-0.39, 0.29) is 24.5 Å². The van der Waals surface area contributed by atoms with Gasteiger partial charge in [0.2, 0.25) is 5.91 Å². The molecule has 0 radical (unpaired) electrons. The normalized spacial score (nSPS) is 20.5. The van der Waals surface area contributed by atoms with Gasteiger partial charge in [0, 0.05) is 25.6 Å². The van der Waals surface area contributed by atoms with Gasteiger partial charge in [-0.3, -0.25) is 14.5 Å². The molecule has 1 aromatic carbocycles. The van der Waals surface area contributed by atoms with Crippen LogP contribution in [-0.2, 0) is 14.3 Å². The van der Waals surface area contributed by atoms with Crippen molar-refractivity contribution in [1.29, 1.82) is 0 Å². The number of carbonyl (C=O) groups is 2. The summed E-state index contributed by atoms with van der Waals surface area (Å²) in [6, 6.07) is 9.69. The van der Waals surface area contributed by atoms with Gasteiger partial charge in [-0.05, 0) is 5.56 Å². The number of esters is 1. The van der Waals surface area contributed by atoms with E-state index in [2.05, 4.69) is 5.32 Å². The average Bonchev–Trinajstić information content (AvgIpc) is 2.61. The third kappa shape index (κ3) is 3.54. The summed E-state index contributed by atoms with van der Waals surface area (Å²) in [5, 5.41) is 2.83. The molecule has 1 aromatic rings. The Labute approximate surface area is 112 Å². The lowest BCUT2D eigenvalue weighted by molar-refractivity contribution is -0.142. The molecule has 1 fully saturated rings. The Balaban J connectivity index is 2.21. The Morgan fingerprint density at radius 2 is 2.16 bits per heavy atom. The van der Waals surface area contributed by atoms with Crippen molar-refractivity contribution in [3.8, 4) is 0 Å². The number of methoxy groups -OCH3 is 1. The minimum absolute atomic E-state index is 0.0150. The van der Waals surface area contributed by atoms with Crippen molar-refractivity contribution in [1.82, 2.24) is 10.2 Å². The first kappa shape index (κ1) is 13.5.